The normalized spacial score (nSPS) is 23.2. The van der Waals surface area contributed by atoms with Crippen molar-refractivity contribution in [3.8, 4) is 5.88 Å². The lowest BCUT2D eigenvalue weighted by molar-refractivity contribution is -0.189. The Bertz CT molecular complexity index is 709. The number of likely N-dealkylation sites (tertiary alicyclic amines) is 1. The van der Waals surface area contributed by atoms with E-state index in [1.807, 2.05) is 26.0 Å². The summed E-state index contributed by atoms with van der Waals surface area (Å²) in [6.45, 7) is 7.32. The van der Waals surface area contributed by atoms with E-state index in [2.05, 4.69) is 14.9 Å². The molecule has 2 aromatic heterocycles. The quantitative estimate of drug-likeness (QED) is 0.859. The van der Waals surface area contributed by atoms with E-state index in [0.29, 0.717) is 5.88 Å². The van der Waals surface area contributed by atoms with Gasteiger partial charge in [0.05, 0.1) is 30.6 Å². The largest absolute Gasteiger partial charge is 0.473 e. The molecule has 2 aliphatic rings. The molecule has 128 valence electrons. The molecule has 2 saturated heterocycles. The zero-order chi connectivity index (χ0) is 16.6. The molecular formula is C18H23N3O3. The van der Waals surface area contributed by atoms with Gasteiger partial charge in [0.25, 0.3) is 0 Å². The molecule has 4 rings (SSSR count). The lowest BCUT2D eigenvalue weighted by atomic mass is 9.84. The molecule has 2 fully saturated rings. The van der Waals surface area contributed by atoms with Crippen LogP contribution in [0.2, 0.25) is 0 Å². The molecule has 0 radical (unpaired) electrons. The second-order valence-corrected chi connectivity index (χ2v) is 6.92. The van der Waals surface area contributed by atoms with Gasteiger partial charge in [0.2, 0.25) is 5.88 Å². The summed E-state index contributed by atoms with van der Waals surface area (Å²) in [6, 6.07) is 4.05. The third-order valence-electron chi connectivity index (χ3n) is 4.67. The monoisotopic (exact) mass is 329 g/mol. The fraction of sp³-hybridized carbons (Fsp3) is 0.556. The van der Waals surface area contributed by atoms with Gasteiger partial charge in [-0.05, 0) is 26.0 Å². The summed E-state index contributed by atoms with van der Waals surface area (Å²) in [4.78, 5) is 10.9. The van der Waals surface area contributed by atoms with Crippen molar-refractivity contribution in [3.63, 3.8) is 0 Å². The summed E-state index contributed by atoms with van der Waals surface area (Å²) in [5, 5.41) is 0. The molecule has 0 unspecified atom stereocenters. The Morgan fingerprint density at radius 2 is 2.17 bits per heavy atom. The fourth-order valence-corrected chi connectivity index (χ4v) is 3.64. The van der Waals surface area contributed by atoms with E-state index in [4.69, 9.17) is 13.9 Å². The predicted molar refractivity (Wildman–Crippen MR) is 87.8 cm³/mol. The molecule has 2 aliphatic heterocycles. The van der Waals surface area contributed by atoms with E-state index in [1.54, 1.807) is 12.4 Å². The molecule has 0 amide bonds. The van der Waals surface area contributed by atoms with Crippen molar-refractivity contribution in [1.29, 1.82) is 0 Å². The van der Waals surface area contributed by atoms with Crippen LogP contribution in [-0.4, -0.2) is 46.3 Å². The van der Waals surface area contributed by atoms with Gasteiger partial charge in [-0.15, -0.1) is 0 Å². The Morgan fingerprint density at radius 1 is 1.29 bits per heavy atom. The number of nitrogens with zero attached hydrogens (tertiary/aromatic N) is 3. The predicted octanol–water partition coefficient (Wildman–Crippen LogP) is 2.50. The van der Waals surface area contributed by atoms with Crippen LogP contribution in [0.4, 0.5) is 0 Å². The second kappa shape index (κ2) is 6.18. The van der Waals surface area contributed by atoms with Gasteiger partial charge < -0.3 is 13.9 Å². The Labute approximate surface area is 141 Å². The zero-order valence-corrected chi connectivity index (χ0v) is 14.2. The average Bonchev–Trinajstić information content (AvgIpc) is 2.91. The van der Waals surface area contributed by atoms with Gasteiger partial charge in [-0.3, -0.25) is 9.88 Å². The van der Waals surface area contributed by atoms with Gasteiger partial charge in [-0.2, -0.15) is 0 Å². The summed E-state index contributed by atoms with van der Waals surface area (Å²) in [5.74, 6) is 2.59. The minimum atomic E-state index is -0.0815. The van der Waals surface area contributed by atoms with Crippen molar-refractivity contribution in [3.05, 3.63) is 41.7 Å². The van der Waals surface area contributed by atoms with Crippen LogP contribution < -0.4 is 4.74 Å². The molecular weight excluding hydrogens is 306 g/mol. The molecule has 0 bridgehead atoms. The highest BCUT2D eigenvalue weighted by Crippen LogP contribution is 2.36. The second-order valence-electron chi connectivity index (χ2n) is 6.92. The maximum absolute atomic E-state index is 6.08. The number of ether oxygens (including phenoxy) is 2. The maximum atomic E-state index is 6.08. The molecule has 6 nitrogen and oxygen atoms in total. The van der Waals surface area contributed by atoms with Crippen LogP contribution >= 0.6 is 0 Å². The number of aryl methyl sites for hydroxylation is 2. The number of hydrogen-bond donors (Lipinski definition) is 0. The highest BCUT2D eigenvalue weighted by molar-refractivity contribution is 5.10. The molecule has 0 saturated carbocycles. The van der Waals surface area contributed by atoms with Crippen molar-refractivity contribution in [2.75, 3.05) is 19.7 Å². The first kappa shape index (κ1) is 15.6. The zero-order valence-electron chi connectivity index (χ0n) is 14.2. The Hall–Kier alpha value is -1.92. The molecule has 0 aliphatic carbocycles. The standard InChI is InChI=1S/C18H23N3O3/c1-13-8-19-9-17(20-13)24-15-5-6-22-18(7-15)11-21(12-18)10-16-4-3-14(2)23-16/h3-4,8-9,15H,5-7,10-12H2,1-2H3/t15-/m0/s1. The van der Waals surface area contributed by atoms with Crippen molar-refractivity contribution < 1.29 is 13.9 Å². The fourth-order valence-electron chi connectivity index (χ4n) is 3.64. The summed E-state index contributed by atoms with van der Waals surface area (Å²) in [5.41, 5.74) is 0.791. The Morgan fingerprint density at radius 3 is 2.92 bits per heavy atom. The SMILES string of the molecule is Cc1cncc(O[C@H]2CCOC3(C2)CN(Cc2ccc(C)o2)C3)n1. The van der Waals surface area contributed by atoms with Gasteiger partial charge >= 0.3 is 0 Å². The molecule has 4 heterocycles. The summed E-state index contributed by atoms with van der Waals surface area (Å²) in [7, 11) is 0. The van der Waals surface area contributed by atoms with Crippen LogP contribution in [0.15, 0.2) is 28.9 Å². The third kappa shape index (κ3) is 3.30. The van der Waals surface area contributed by atoms with Crippen LogP contribution in [0.1, 0.15) is 30.1 Å². The lowest BCUT2D eigenvalue weighted by Crippen LogP contribution is -2.65. The molecule has 6 heteroatoms. The van der Waals surface area contributed by atoms with Gasteiger partial charge in [-0.25, -0.2) is 4.98 Å². The minimum Gasteiger partial charge on any atom is -0.473 e. The van der Waals surface area contributed by atoms with Gasteiger partial charge in [-0.1, -0.05) is 0 Å². The summed E-state index contributed by atoms with van der Waals surface area (Å²) >= 11 is 0. The van der Waals surface area contributed by atoms with Crippen molar-refractivity contribution in [1.82, 2.24) is 14.9 Å². The van der Waals surface area contributed by atoms with E-state index in [0.717, 1.165) is 56.3 Å². The van der Waals surface area contributed by atoms with E-state index < -0.39 is 0 Å². The van der Waals surface area contributed by atoms with Gasteiger partial charge in [0.1, 0.15) is 17.6 Å². The smallest absolute Gasteiger partial charge is 0.232 e. The van der Waals surface area contributed by atoms with Crippen LogP contribution in [0.3, 0.4) is 0 Å². The minimum absolute atomic E-state index is 0.0815. The highest BCUT2D eigenvalue weighted by Gasteiger charge is 2.48. The molecule has 2 aromatic rings. The summed E-state index contributed by atoms with van der Waals surface area (Å²) in [6.07, 6.45) is 5.35. The first-order valence-electron chi connectivity index (χ1n) is 8.47. The maximum Gasteiger partial charge on any atom is 0.232 e. The van der Waals surface area contributed by atoms with Crippen LogP contribution in [0.5, 0.6) is 5.88 Å². The van der Waals surface area contributed by atoms with Crippen molar-refractivity contribution >= 4 is 0 Å². The first-order valence-corrected chi connectivity index (χ1v) is 8.47. The number of rotatable bonds is 4. The topological polar surface area (TPSA) is 60.6 Å². The van der Waals surface area contributed by atoms with Crippen molar-refractivity contribution in [2.24, 2.45) is 0 Å². The van der Waals surface area contributed by atoms with E-state index in [1.165, 1.54) is 0 Å². The lowest BCUT2D eigenvalue weighted by Gasteiger charge is -2.52. The van der Waals surface area contributed by atoms with Crippen LogP contribution in [-0.2, 0) is 11.3 Å². The third-order valence-corrected chi connectivity index (χ3v) is 4.67. The van der Waals surface area contributed by atoms with E-state index in [9.17, 15) is 0 Å². The number of hydrogen-bond acceptors (Lipinski definition) is 6. The van der Waals surface area contributed by atoms with Gasteiger partial charge in [0.15, 0.2) is 0 Å². The van der Waals surface area contributed by atoms with Gasteiger partial charge in [0, 0.05) is 32.1 Å². The van der Waals surface area contributed by atoms with Crippen LogP contribution in [0, 0.1) is 13.8 Å². The Kier molecular flexibility index (Phi) is 4.02. The Balaban J connectivity index is 1.32. The molecule has 24 heavy (non-hydrogen) atoms. The van der Waals surface area contributed by atoms with E-state index >= 15 is 0 Å². The average molecular weight is 329 g/mol. The first-order chi connectivity index (χ1) is 11.6. The molecule has 0 aromatic carbocycles. The molecule has 1 atom stereocenters. The van der Waals surface area contributed by atoms with Crippen LogP contribution in [0.25, 0.3) is 0 Å². The summed E-state index contributed by atoms with van der Waals surface area (Å²) < 4.78 is 17.8. The highest BCUT2D eigenvalue weighted by atomic mass is 16.5. The van der Waals surface area contributed by atoms with Crippen molar-refractivity contribution in [2.45, 2.75) is 44.9 Å². The number of aromatic nitrogens is 2. The molecule has 1 spiro atoms. The molecule has 0 N–H and O–H groups in total. The number of furan rings is 1. The van der Waals surface area contributed by atoms with E-state index in [-0.39, 0.29) is 11.7 Å².